The molecule has 2 N–H and O–H groups in total. The van der Waals surface area contributed by atoms with Gasteiger partial charge < -0.3 is 15.4 Å². The number of hydrogen-bond donors (Lipinski definition) is 2. The molecule has 2 amide bonds. The monoisotopic (exact) mass is 291 g/mol. The molecule has 98 valence electrons. The molecule has 1 aromatic heterocycles. The Bertz CT molecular complexity index is 454. The number of amides is 2. The molecule has 0 fully saturated rings. The fourth-order valence-corrected chi connectivity index (χ4v) is 1.50. The van der Waals surface area contributed by atoms with Crippen LogP contribution in [0.5, 0.6) is 0 Å². The number of nitrogens with one attached hydrogen (secondary N) is 2. The van der Waals surface area contributed by atoms with Crippen LogP contribution in [0.3, 0.4) is 0 Å². The highest BCUT2D eigenvalue weighted by atomic mass is 35.5. The summed E-state index contributed by atoms with van der Waals surface area (Å²) in [5.74, 6) is -0.412. The minimum absolute atomic E-state index is 0.0596. The van der Waals surface area contributed by atoms with Gasteiger partial charge in [-0.3, -0.25) is 4.79 Å². The summed E-state index contributed by atoms with van der Waals surface area (Å²) in [7, 11) is 1.44. The summed E-state index contributed by atoms with van der Waals surface area (Å²) in [6.07, 6.45) is 0.718. The molecule has 1 heterocycles. The molecular weight excluding hydrogens is 281 g/mol. The highest BCUT2D eigenvalue weighted by Gasteiger charge is 2.11. The zero-order chi connectivity index (χ0) is 13.5. The largest absolute Gasteiger partial charge is 0.448 e. The number of pyridine rings is 1. The van der Waals surface area contributed by atoms with Crippen molar-refractivity contribution in [3.05, 3.63) is 28.0 Å². The Balaban J connectivity index is 2.43. The van der Waals surface area contributed by atoms with E-state index in [1.807, 2.05) is 0 Å². The summed E-state index contributed by atoms with van der Waals surface area (Å²) in [4.78, 5) is 26.1. The molecule has 0 bridgehead atoms. The lowest BCUT2D eigenvalue weighted by Gasteiger charge is -2.07. The van der Waals surface area contributed by atoms with Crippen molar-refractivity contribution in [3.8, 4) is 0 Å². The lowest BCUT2D eigenvalue weighted by Crippen LogP contribution is -2.30. The van der Waals surface area contributed by atoms with E-state index in [4.69, 9.17) is 27.9 Å². The maximum Gasteiger partial charge on any atom is 0.406 e. The number of nitrogens with zero attached hydrogens (tertiary/aromatic N) is 1. The topological polar surface area (TPSA) is 80.3 Å². The van der Waals surface area contributed by atoms with E-state index in [1.54, 1.807) is 0 Å². The standard InChI is InChI=1S/C10H11Cl2N3O3/c1-13-10(17)18-3-2-14-9(16)6-5-15-8(12)4-7(6)11/h4-5H,2-3H2,1H3,(H,13,17)(H,14,16). The van der Waals surface area contributed by atoms with Crippen LogP contribution < -0.4 is 10.6 Å². The Hall–Kier alpha value is -1.53. The SMILES string of the molecule is CNC(=O)OCCNC(=O)c1cnc(Cl)cc1Cl. The van der Waals surface area contributed by atoms with Gasteiger partial charge in [0.25, 0.3) is 5.91 Å². The number of hydrogen-bond acceptors (Lipinski definition) is 4. The van der Waals surface area contributed by atoms with Crippen LogP contribution in [0.2, 0.25) is 10.2 Å². The van der Waals surface area contributed by atoms with Gasteiger partial charge in [0.05, 0.1) is 17.1 Å². The van der Waals surface area contributed by atoms with Crippen LogP contribution in [0.15, 0.2) is 12.3 Å². The Morgan fingerprint density at radius 2 is 2.17 bits per heavy atom. The highest BCUT2D eigenvalue weighted by molar-refractivity contribution is 6.36. The van der Waals surface area contributed by atoms with Crippen molar-refractivity contribution in [2.45, 2.75) is 0 Å². The maximum atomic E-state index is 11.7. The van der Waals surface area contributed by atoms with Gasteiger partial charge in [-0.2, -0.15) is 0 Å². The predicted octanol–water partition coefficient (Wildman–Crippen LogP) is 1.47. The number of alkyl carbamates (subject to hydrolysis) is 1. The third kappa shape index (κ3) is 4.38. The molecule has 1 aromatic rings. The quantitative estimate of drug-likeness (QED) is 0.650. The Morgan fingerprint density at radius 1 is 1.44 bits per heavy atom. The van der Waals surface area contributed by atoms with Crippen molar-refractivity contribution in [2.75, 3.05) is 20.2 Å². The zero-order valence-electron chi connectivity index (χ0n) is 9.50. The van der Waals surface area contributed by atoms with Crippen LogP contribution in [-0.2, 0) is 4.74 Å². The summed E-state index contributed by atoms with van der Waals surface area (Å²) < 4.78 is 4.69. The number of ether oxygens (including phenoxy) is 1. The minimum atomic E-state index is -0.560. The molecule has 8 heteroatoms. The van der Waals surface area contributed by atoms with Gasteiger partial charge in [0.15, 0.2) is 0 Å². The van der Waals surface area contributed by atoms with Crippen LogP contribution in [0.25, 0.3) is 0 Å². The van der Waals surface area contributed by atoms with Crippen LogP contribution in [-0.4, -0.2) is 37.2 Å². The minimum Gasteiger partial charge on any atom is -0.448 e. The van der Waals surface area contributed by atoms with Crippen molar-refractivity contribution in [1.29, 1.82) is 0 Å². The average Bonchev–Trinajstić information content (AvgIpc) is 2.34. The van der Waals surface area contributed by atoms with Gasteiger partial charge in [0, 0.05) is 13.2 Å². The second-order valence-corrected chi connectivity index (χ2v) is 3.92. The van der Waals surface area contributed by atoms with Crippen LogP contribution in [0.1, 0.15) is 10.4 Å². The number of carbonyl (C=O) groups is 2. The predicted molar refractivity (Wildman–Crippen MR) is 67.0 cm³/mol. The molecule has 0 aliphatic carbocycles. The van der Waals surface area contributed by atoms with Gasteiger partial charge in [0.2, 0.25) is 0 Å². The fraction of sp³-hybridized carbons (Fsp3) is 0.300. The number of halogens is 2. The van der Waals surface area contributed by atoms with Crippen molar-refractivity contribution < 1.29 is 14.3 Å². The summed E-state index contributed by atoms with van der Waals surface area (Å²) >= 11 is 11.4. The molecule has 0 unspecified atom stereocenters. The zero-order valence-corrected chi connectivity index (χ0v) is 11.0. The van der Waals surface area contributed by atoms with Crippen molar-refractivity contribution in [2.24, 2.45) is 0 Å². The first kappa shape index (κ1) is 14.5. The molecule has 1 rings (SSSR count). The summed E-state index contributed by atoms with van der Waals surface area (Å²) in [6, 6.07) is 1.37. The Morgan fingerprint density at radius 3 is 2.78 bits per heavy atom. The molecule has 0 atom stereocenters. The molecule has 18 heavy (non-hydrogen) atoms. The van der Waals surface area contributed by atoms with Gasteiger partial charge in [-0.1, -0.05) is 23.2 Å². The third-order valence-corrected chi connectivity index (χ3v) is 2.41. The molecule has 0 aromatic carbocycles. The van der Waals surface area contributed by atoms with E-state index >= 15 is 0 Å². The van der Waals surface area contributed by atoms with Crippen molar-refractivity contribution in [1.82, 2.24) is 15.6 Å². The first-order chi connectivity index (χ1) is 8.54. The lowest BCUT2D eigenvalue weighted by molar-refractivity contribution is 0.0934. The molecule has 0 radical (unpaired) electrons. The van der Waals surface area contributed by atoms with Gasteiger partial charge in [-0.05, 0) is 6.07 Å². The van der Waals surface area contributed by atoms with Gasteiger partial charge in [0.1, 0.15) is 11.8 Å². The van der Waals surface area contributed by atoms with E-state index in [0.717, 1.165) is 0 Å². The third-order valence-electron chi connectivity index (χ3n) is 1.89. The van der Waals surface area contributed by atoms with Gasteiger partial charge in [-0.25, -0.2) is 9.78 Å². The highest BCUT2D eigenvalue weighted by Crippen LogP contribution is 2.18. The van der Waals surface area contributed by atoms with Crippen LogP contribution in [0, 0.1) is 0 Å². The van der Waals surface area contributed by atoms with Gasteiger partial charge in [-0.15, -0.1) is 0 Å². The number of aromatic nitrogens is 1. The van der Waals surface area contributed by atoms with Crippen LogP contribution >= 0.6 is 23.2 Å². The van der Waals surface area contributed by atoms with E-state index in [0.29, 0.717) is 0 Å². The number of carbonyl (C=O) groups excluding carboxylic acids is 2. The van der Waals surface area contributed by atoms with E-state index < -0.39 is 12.0 Å². The Labute approximate surface area is 114 Å². The molecule has 0 spiro atoms. The van der Waals surface area contributed by atoms with Gasteiger partial charge >= 0.3 is 6.09 Å². The lowest BCUT2D eigenvalue weighted by atomic mass is 10.2. The maximum absolute atomic E-state index is 11.7. The normalized spacial score (nSPS) is 9.72. The molecule has 0 aliphatic rings. The van der Waals surface area contributed by atoms with E-state index in [1.165, 1.54) is 19.3 Å². The molecule has 0 saturated carbocycles. The summed E-state index contributed by atoms with van der Waals surface area (Å²) in [6.45, 7) is 0.231. The van der Waals surface area contributed by atoms with E-state index in [2.05, 4.69) is 15.6 Å². The number of rotatable bonds is 4. The average molecular weight is 292 g/mol. The molecule has 0 saturated heterocycles. The van der Waals surface area contributed by atoms with E-state index in [-0.39, 0.29) is 28.9 Å². The Kier molecular flexibility index (Phi) is 5.67. The van der Waals surface area contributed by atoms with E-state index in [9.17, 15) is 9.59 Å². The molecular formula is C10H11Cl2N3O3. The van der Waals surface area contributed by atoms with Crippen LogP contribution in [0.4, 0.5) is 4.79 Å². The summed E-state index contributed by atoms with van der Waals surface area (Å²) in [5.41, 5.74) is 0.209. The second-order valence-electron chi connectivity index (χ2n) is 3.13. The van der Waals surface area contributed by atoms with Crippen molar-refractivity contribution >= 4 is 35.2 Å². The smallest absolute Gasteiger partial charge is 0.406 e. The first-order valence-electron chi connectivity index (χ1n) is 4.98. The fourth-order valence-electron chi connectivity index (χ4n) is 1.05. The summed E-state index contributed by atoms with van der Waals surface area (Å²) in [5, 5.41) is 5.22. The second kappa shape index (κ2) is 7.03. The first-order valence-corrected chi connectivity index (χ1v) is 5.74. The van der Waals surface area contributed by atoms with Crippen molar-refractivity contribution in [3.63, 3.8) is 0 Å². The molecule has 6 nitrogen and oxygen atoms in total. The molecule has 0 aliphatic heterocycles.